The first-order chi connectivity index (χ1) is 8.28. The number of nitrogens with two attached hydrogens (primary N) is 1. The highest BCUT2D eigenvalue weighted by atomic mass is 15.2. The third kappa shape index (κ3) is 3.01. The molecule has 0 amide bonds. The van der Waals surface area contributed by atoms with E-state index < -0.39 is 0 Å². The van der Waals surface area contributed by atoms with Gasteiger partial charge in [-0.05, 0) is 11.6 Å². The van der Waals surface area contributed by atoms with Gasteiger partial charge in [0.1, 0.15) is 0 Å². The Morgan fingerprint density at radius 2 is 1.82 bits per heavy atom. The van der Waals surface area contributed by atoms with Crippen LogP contribution in [0.4, 0.5) is 11.9 Å². The molecule has 0 aliphatic carbocycles. The smallest absolute Gasteiger partial charge is 0.227 e. The van der Waals surface area contributed by atoms with Gasteiger partial charge in [-0.1, -0.05) is 36.4 Å². The average Bonchev–Trinajstić information content (AvgIpc) is 2.37. The number of nitrogen functional groups attached to an aromatic ring is 1. The number of aromatic nitrogens is 3. The van der Waals surface area contributed by atoms with Crippen molar-refractivity contribution < 1.29 is 0 Å². The highest BCUT2D eigenvalue weighted by Crippen LogP contribution is 2.07. The normalized spacial score (nSPS) is 10.6. The molecular weight excluding hydrogens is 214 g/mol. The summed E-state index contributed by atoms with van der Waals surface area (Å²) in [6.45, 7) is 0. The quantitative estimate of drug-likeness (QED) is 0.834. The zero-order valence-electron chi connectivity index (χ0n) is 9.46. The molecule has 2 aromatic rings. The lowest BCUT2D eigenvalue weighted by atomic mass is 10.2. The van der Waals surface area contributed by atoms with Gasteiger partial charge in [-0.2, -0.15) is 15.0 Å². The lowest BCUT2D eigenvalue weighted by molar-refractivity contribution is 1.04. The molecule has 1 aromatic heterocycles. The molecule has 0 saturated heterocycles. The Morgan fingerprint density at radius 3 is 2.53 bits per heavy atom. The molecule has 0 atom stereocenters. The predicted octanol–water partition coefficient (Wildman–Crippen LogP) is 1.67. The Balaban J connectivity index is 2.24. The Hall–Kier alpha value is -2.43. The van der Waals surface area contributed by atoms with Gasteiger partial charge in [-0.15, -0.1) is 0 Å². The van der Waals surface area contributed by atoms with Crippen LogP contribution in [-0.4, -0.2) is 22.0 Å². The summed E-state index contributed by atoms with van der Waals surface area (Å²) < 4.78 is 0. The summed E-state index contributed by atoms with van der Waals surface area (Å²) in [6.07, 6.45) is 3.72. The Labute approximate surface area is 99.4 Å². The van der Waals surface area contributed by atoms with Gasteiger partial charge in [0, 0.05) is 7.05 Å². The van der Waals surface area contributed by atoms with E-state index in [4.69, 9.17) is 5.73 Å². The van der Waals surface area contributed by atoms with Gasteiger partial charge < -0.3 is 11.1 Å². The van der Waals surface area contributed by atoms with Crippen LogP contribution in [0.5, 0.6) is 0 Å². The summed E-state index contributed by atoms with van der Waals surface area (Å²) in [6, 6.07) is 9.92. The molecule has 0 aliphatic rings. The molecule has 0 radical (unpaired) electrons. The van der Waals surface area contributed by atoms with E-state index in [1.807, 2.05) is 36.4 Å². The molecule has 86 valence electrons. The van der Waals surface area contributed by atoms with Gasteiger partial charge >= 0.3 is 0 Å². The summed E-state index contributed by atoms with van der Waals surface area (Å²) in [5, 5.41) is 2.83. The SMILES string of the molecule is CNc1nc(N)nc(/C=C\c2ccccc2)n1. The molecule has 2 rings (SSSR count). The van der Waals surface area contributed by atoms with Gasteiger partial charge in [0.25, 0.3) is 0 Å². The molecule has 5 nitrogen and oxygen atoms in total. The number of benzene rings is 1. The first kappa shape index (κ1) is 11.1. The van der Waals surface area contributed by atoms with E-state index in [1.165, 1.54) is 0 Å². The minimum absolute atomic E-state index is 0.206. The molecule has 1 heterocycles. The number of nitrogens with zero attached hydrogens (tertiary/aromatic N) is 3. The second kappa shape index (κ2) is 5.07. The lowest BCUT2D eigenvalue weighted by Gasteiger charge is -2.00. The van der Waals surface area contributed by atoms with Crippen LogP contribution < -0.4 is 11.1 Å². The highest BCUT2D eigenvalue weighted by Gasteiger charge is 1.99. The third-order valence-corrected chi connectivity index (χ3v) is 2.12. The summed E-state index contributed by atoms with van der Waals surface area (Å²) >= 11 is 0. The molecule has 17 heavy (non-hydrogen) atoms. The molecule has 3 N–H and O–H groups in total. The molecule has 0 saturated carbocycles. The topological polar surface area (TPSA) is 76.7 Å². The highest BCUT2D eigenvalue weighted by molar-refractivity contribution is 5.67. The predicted molar refractivity (Wildman–Crippen MR) is 69.2 cm³/mol. The number of nitrogens with one attached hydrogen (secondary N) is 1. The minimum atomic E-state index is 0.206. The van der Waals surface area contributed by atoms with Crippen molar-refractivity contribution in [3.8, 4) is 0 Å². The summed E-state index contributed by atoms with van der Waals surface area (Å²) in [4.78, 5) is 12.1. The fourth-order valence-corrected chi connectivity index (χ4v) is 1.33. The lowest BCUT2D eigenvalue weighted by Crippen LogP contribution is -2.04. The maximum atomic E-state index is 5.57. The van der Waals surface area contributed by atoms with E-state index in [9.17, 15) is 0 Å². The molecule has 1 aromatic carbocycles. The zero-order valence-corrected chi connectivity index (χ0v) is 9.46. The van der Waals surface area contributed by atoms with Crippen LogP contribution >= 0.6 is 0 Å². The zero-order chi connectivity index (χ0) is 12.1. The van der Waals surface area contributed by atoms with E-state index in [2.05, 4.69) is 20.3 Å². The maximum Gasteiger partial charge on any atom is 0.227 e. The third-order valence-electron chi connectivity index (χ3n) is 2.12. The molecule has 5 heteroatoms. The van der Waals surface area contributed by atoms with E-state index in [1.54, 1.807) is 13.1 Å². The standard InChI is InChI=1S/C12H13N5/c1-14-12-16-10(15-11(13)17-12)8-7-9-5-3-2-4-6-9/h2-8H,1H3,(H3,13,14,15,16,17)/b8-7-. The number of hydrogen-bond donors (Lipinski definition) is 2. The summed E-state index contributed by atoms with van der Waals surface area (Å²) in [5.41, 5.74) is 6.65. The second-order valence-electron chi connectivity index (χ2n) is 3.37. The Kier molecular flexibility index (Phi) is 3.30. The van der Waals surface area contributed by atoms with Gasteiger partial charge in [-0.25, -0.2) is 0 Å². The van der Waals surface area contributed by atoms with Crippen LogP contribution in [0, 0.1) is 0 Å². The second-order valence-corrected chi connectivity index (χ2v) is 3.37. The molecule has 0 unspecified atom stereocenters. The van der Waals surface area contributed by atoms with Crippen LogP contribution in [0.2, 0.25) is 0 Å². The van der Waals surface area contributed by atoms with E-state index in [0.717, 1.165) is 5.56 Å². The summed E-state index contributed by atoms with van der Waals surface area (Å²) in [7, 11) is 1.74. The number of anilines is 2. The van der Waals surface area contributed by atoms with Crippen molar-refractivity contribution in [3.05, 3.63) is 41.7 Å². The fraction of sp³-hybridized carbons (Fsp3) is 0.0833. The molecule has 0 spiro atoms. The van der Waals surface area contributed by atoms with Crippen molar-refractivity contribution >= 4 is 24.0 Å². The van der Waals surface area contributed by atoms with Crippen molar-refractivity contribution in [1.29, 1.82) is 0 Å². The first-order valence-electron chi connectivity index (χ1n) is 5.20. The first-order valence-corrected chi connectivity index (χ1v) is 5.20. The van der Waals surface area contributed by atoms with Crippen LogP contribution in [0.25, 0.3) is 12.2 Å². The van der Waals surface area contributed by atoms with E-state index in [0.29, 0.717) is 11.8 Å². The van der Waals surface area contributed by atoms with Crippen LogP contribution in [0.15, 0.2) is 30.3 Å². The van der Waals surface area contributed by atoms with Gasteiger partial charge in [-0.3, -0.25) is 0 Å². The van der Waals surface area contributed by atoms with Crippen LogP contribution in [0.3, 0.4) is 0 Å². The van der Waals surface area contributed by atoms with Gasteiger partial charge in [0.2, 0.25) is 11.9 Å². The van der Waals surface area contributed by atoms with Crippen molar-refractivity contribution in [1.82, 2.24) is 15.0 Å². The van der Waals surface area contributed by atoms with E-state index in [-0.39, 0.29) is 5.95 Å². The van der Waals surface area contributed by atoms with Crippen LogP contribution in [-0.2, 0) is 0 Å². The van der Waals surface area contributed by atoms with Crippen molar-refractivity contribution in [2.24, 2.45) is 0 Å². The molecule has 0 aliphatic heterocycles. The monoisotopic (exact) mass is 227 g/mol. The average molecular weight is 227 g/mol. The Morgan fingerprint density at radius 1 is 1.06 bits per heavy atom. The fourth-order valence-electron chi connectivity index (χ4n) is 1.33. The molecule has 0 fully saturated rings. The van der Waals surface area contributed by atoms with Crippen LogP contribution in [0.1, 0.15) is 11.4 Å². The molecule has 0 bridgehead atoms. The van der Waals surface area contributed by atoms with Gasteiger partial charge in [0.05, 0.1) is 0 Å². The van der Waals surface area contributed by atoms with Crippen molar-refractivity contribution in [3.63, 3.8) is 0 Å². The maximum absolute atomic E-state index is 5.57. The minimum Gasteiger partial charge on any atom is -0.368 e. The van der Waals surface area contributed by atoms with Gasteiger partial charge in [0.15, 0.2) is 5.82 Å². The van der Waals surface area contributed by atoms with Crippen molar-refractivity contribution in [2.45, 2.75) is 0 Å². The number of hydrogen-bond acceptors (Lipinski definition) is 5. The van der Waals surface area contributed by atoms with Crippen molar-refractivity contribution in [2.75, 3.05) is 18.1 Å². The number of rotatable bonds is 3. The van der Waals surface area contributed by atoms with E-state index >= 15 is 0 Å². The largest absolute Gasteiger partial charge is 0.368 e. The molecular formula is C12H13N5. The Bertz CT molecular complexity index is 522. The summed E-state index contributed by atoms with van der Waals surface area (Å²) in [5.74, 6) is 1.20.